The molecule has 0 saturated heterocycles. The lowest BCUT2D eigenvalue weighted by Gasteiger charge is -2.28. The van der Waals surface area contributed by atoms with Crippen LogP contribution in [0.5, 0.6) is 0 Å². The summed E-state index contributed by atoms with van der Waals surface area (Å²) in [6.45, 7) is 2.36. The number of rotatable bonds is 4. The van der Waals surface area contributed by atoms with Crippen molar-refractivity contribution in [3.63, 3.8) is 0 Å². The SMILES string of the molecule is Cc1c(C2=Cc3cc(C4CCC(F)(F)CC4)cc4cc[n+](C)c2c34)cc(C2CCCC2)cc1C1CCCC1. The Labute approximate surface area is 226 Å². The monoisotopic (exact) mass is 512 g/mol. The molecule has 0 N–H and O–H groups in total. The van der Waals surface area contributed by atoms with Crippen LogP contribution in [0.1, 0.15) is 134 Å². The molecule has 0 spiro atoms. The number of alkyl halides is 2. The zero-order chi connectivity index (χ0) is 26.0. The van der Waals surface area contributed by atoms with Gasteiger partial charge in [0.1, 0.15) is 7.05 Å². The summed E-state index contributed by atoms with van der Waals surface area (Å²) in [4.78, 5) is 0. The van der Waals surface area contributed by atoms with Crippen molar-refractivity contribution in [1.82, 2.24) is 0 Å². The van der Waals surface area contributed by atoms with Gasteiger partial charge in [-0.2, -0.15) is 0 Å². The lowest BCUT2D eigenvalue weighted by atomic mass is 9.81. The summed E-state index contributed by atoms with van der Waals surface area (Å²) < 4.78 is 30.1. The highest BCUT2D eigenvalue weighted by Crippen LogP contribution is 2.47. The fourth-order valence-electron chi connectivity index (χ4n) is 8.23. The van der Waals surface area contributed by atoms with Crippen molar-refractivity contribution in [3.05, 3.63) is 75.6 Å². The van der Waals surface area contributed by atoms with E-state index in [4.69, 9.17) is 0 Å². The van der Waals surface area contributed by atoms with Gasteiger partial charge in [0.15, 0.2) is 6.20 Å². The fraction of sp³-hybridized carbons (Fsp3) is 0.514. The highest BCUT2D eigenvalue weighted by molar-refractivity contribution is 6.11. The van der Waals surface area contributed by atoms with Crippen LogP contribution in [-0.4, -0.2) is 5.92 Å². The molecule has 2 aromatic carbocycles. The van der Waals surface area contributed by atoms with Crippen LogP contribution in [0.2, 0.25) is 0 Å². The average Bonchev–Trinajstić information content (AvgIpc) is 3.68. The van der Waals surface area contributed by atoms with Crippen LogP contribution < -0.4 is 4.57 Å². The van der Waals surface area contributed by atoms with E-state index in [2.05, 4.69) is 61.1 Å². The highest BCUT2D eigenvalue weighted by atomic mass is 19.3. The lowest BCUT2D eigenvalue weighted by Crippen LogP contribution is -2.32. The van der Waals surface area contributed by atoms with Crippen molar-refractivity contribution < 1.29 is 13.3 Å². The predicted octanol–water partition coefficient (Wildman–Crippen LogP) is 9.48. The normalized spacial score (nSPS) is 22.1. The van der Waals surface area contributed by atoms with Gasteiger partial charge in [-0.25, -0.2) is 13.3 Å². The van der Waals surface area contributed by atoms with Gasteiger partial charge < -0.3 is 0 Å². The molecular formula is C35H40F2N+. The van der Waals surface area contributed by atoms with Gasteiger partial charge in [0, 0.05) is 18.9 Å². The van der Waals surface area contributed by atoms with Gasteiger partial charge in [0.05, 0.1) is 11.0 Å². The summed E-state index contributed by atoms with van der Waals surface area (Å²) in [7, 11) is 2.17. The van der Waals surface area contributed by atoms with Gasteiger partial charge in [0.2, 0.25) is 11.6 Å². The predicted molar refractivity (Wildman–Crippen MR) is 152 cm³/mol. The van der Waals surface area contributed by atoms with E-state index < -0.39 is 5.92 Å². The molecule has 4 aliphatic carbocycles. The maximum Gasteiger partial charge on any atom is 0.248 e. The fourth-order valence-corrected chi connectivity index (χ4v) is 8.23. The number of nitrogens with zero attached hydrogens (tertiary/aromatic N) is 1. The van der Waals surface area contributed by atoms with E-state index in [1.165, 1.54) is 95.7 Å². The zero-order valence-corrected chi connectivity index (χ0v) is 23.0. The number of aromatic nitrogens is 1. The third-order valence-electron chi connectivity index (χ3n) is 10.4. The molecule has 1 aromatic heterocycles. The summed E-state index contributed by atoms with van der Waals surface area (Å²) >= 11 is 0. The molecule has 1 heterocycles. The summed E-state index contributed by atoms with van der Waals surface area (Å²) in [6.07, 6.45) is 16.5. The maximum atomic E-state index is 13.9. The lowest BCUT2D eigenvalue weighted by molar-refractivity contribution is -0.672. The number of benzene rings is 2. The maximum absolute atomic E-state index is 13.9. The summed E-state index contributed by atoms with van der Waals surface area (Å²) in [6, 6.07) is 11.9. The Kier molecular flexibility index (Phi) is 5.98. The standard InChI is InChI=1S/C35H40F2N/c1-22-30(25-9-5-6-10-25)19-28(23-7-3-4-8-23)20-31(22)32-21-29-18-27(24-11-14-35(36,37)15-12-24)17-26-13-16-38(2)34(32)33(26)29/h13,16-21,23-25H,3-12,14-15H2,1-2H3/q+1. The van der Waals surface area contributed by atoms with Crippen LogP contribution >= 0.6 is 0 Å². The molecule has 3 fully saturated rings. The Hall–Kier alpha value is -2.55. The van der Waals surface area contributed by atoms with Gasteiger partial charge >= 0.3 is 0 Å². The first-order valence-electron chi connectivity index (χ1n) is 15.1. The van der Waals surface area contributed by atoms with Crippen molar-refractivity contribution in [2.75, 3.05) is 0 Å². The van der Waals surface area contributed by atoms with Gasteiger partial charge in [-0.05, 0) is 108 Å². The van der Waals surface area contributed by atoms with Crippen LogP contribution in [0, 0.1) is 6.92 Å². The minimum absolute atomic E-state index is 0.0121. The number of hydrogen-bond acceptors (Lipinski definition) is 0. The van der Waals surface area contributed by atoms with Crippen LogP contribution in [0.25, 0.3) is 22.4 Å². The van der Waals surface area contributed by atoms with Crippen molar-refractivity contribution in [2.45, 2.75) is 108 Å². The largest absolute Gasteiger partial charge is 0.248 e. The minimum Gasteiger partial charge on any atom is -0.207 e. The quantitative estimate of drug-likeness (QED) is 0.240. The third kappa shape index (κ3) is 4.12. The molecule has 3 aromatic rings. The molecule has 38 heavy (non-hydrogen) atoms. The van der Waals surface area contributed by atoms with E-state index in [1.807, 2.05) is 0 Å². The second-order valence-corrected chi connectivity index (χ2v) is 12.8. The molecule has 7 rings (SSSR count). The third-order valence-corrected chi connectivity index (χ3v) is 10.4. The topological polar surface area (TPSA) is 3.88 Å². The zero-order valence-electron chi connectivity index (χ0n) is 23.0. The van der Waals surface area contributed by atoms with E-state index >= 15 is 0 Å². The molecule has 3 saturated carbocycles. The first kappa shape index (κ1) is 24.5. The van der Waals surface area contributed by atoms with Gasteiger partial charge in [-0.3, -0.25) is 0 Å². The Morgan fingerprint density at radius 1 is 0.789 bits per heavy atom. The van der Waals surface area contributed by atoms with Crippen LogP contribution in [0.3, 0.4) is 0 Å². The second kappa shape index (κ2) is 9.28. The molecule has 3 heteroatoms. The van der Waals surface area contributed by atoms with Crippen molar-refractivity contribution >= 4 is 22.4 Å². The van der Waals surface area contributed by atoms with E-state index in [0.29, 0.717) is 24.7 Å². The summed E-state index contributed by atoms with van der Waals surface area (Å²) in [5, 5.41) is 2.57. The van der Waals surface area contributed by atoms with E-state index in [1.54, 1.807) is 11.1 Å². The first-order chi connectivity index (χ1) is 18.4. The first-order valence-corrected chi connectivity index (χ1v) is 15.1. The molecule has 0 bridgehead atoms. The van der Waals surface area contributed by atoms with Gasteiger partial charge in [0.25, 0.3) is 0 Å². The Morgan fingerprint density at radius 2 is 1.42 bits per heavy atom. The number of halogens is 2. The van der Waals surface area contributed by atoms with E-state index in [-0.39, 0.29) is 18.8 Å². The van der Waals surface area contributed by atoms with Crippen molar-refractivity contribution in [2.24, 2.45) is 7.05 Å². The van der Waals surface area contributed by atoms with Gasteiger partial charge in [-0.1, -0.05) is 49.9 Å². The highest BCUT2D eigenvalue weighted by Gasteiger charge is 2.36. The average molecular weight is 513 g/mol. The molecule has 0 amide bonds. The molecule has 0 aliphatic heterocycles. The van der Waals surface area contributed by atoms with Crippen molar-refractivity contribution in [1.29, 1.82) is 0 Å². The van der Waals surface area contributed by atoms with Crippen LogP contribution in [0.4, 0.5) is 8.78 Å². The summed E-state index contributed by atoms with van der Waals surface area (Å²) in [5.74, 6) is -0.872. The smallest absolute Gasteiger partial charge is 0.207 e. The summed E-state index contributed by atoms with van der Waals surface area (Å²) in [5.41, 5.74) is 11.2. The molecule has 0 atom stereocenters. The molecule has 198 valence electrons. The van der Waals surface area contributed by atoms with Crippen LogP contribution in [0.15, 0.2) is 36.5 Å². The Bertz CT molecular complexity index is 1430. The van der Waals surface area contributed by atoms with Crippen molar-refractivity contribution in [3.8, 4) is 0 Å². The second-order valence-electron chi connectivity index (χ2n) is 12.8. The number of pyridine rings is 1. The molecule has 4 aliphatic rings. The molecule has 1 nitrogen and oxygen atoms in total. The Morgan fingerprint density at radius 3 is 2.13 bits per heavy atom. The molecular weight excluding hydrogens is 472 g/mol. The number of aryl methyl sites for hydroxylation is 1. The minimum atomic E-state index is -2.49. The number of hydrogen-bond donors (Lipinski definition) is 0. The molecule has 0 unspecified atom stereocenters. The van der Waals surface area contributed by atoms with E-state index in [9.17, 15) is 8.78 Å². The molecule has 0 radical (unpaired) electrons. The Balaban J connectivity index is 1.36. The van der Waals surface area contributed by atoms with Crippen LogP contribution in [-0.2, 0) is 7.05 Å². The van der Waals surface area contributed by atoms with E-state index in [0.717, 1.165) is 0 Å². The van der Waals surface area contributed by atoms with Gasteiger partial charge in [-0.15, -0.1) is 0 Å².